The lowest BCUT2D eigenvalue weighted by Crippen LogP contribution is -2.44. The van der Waals surface area contributed by atoms with E-state index in [0.717, 1.165) is 12.5 Å². The first-order valence-electron chi connectivity index (χ1n) is 7.91. The fourth-order valence-corrected chi connectivity index (χ4v) is 2.30. The molecule has 1 atom stereocenters. The highest BCUT2D eigenvalue weighted by Gasteiger charge is 2.10. The van der Waals surface area contributed by atoms with Crippen LogP contribution in [0.15, 0.2) is 0 Å². The van der Waals surface area contributed by atoms with Crippen LogP contribution in [0.3, 0.4) is 0 Å². The van der Waals surface area contributed by atoms with E-state index >= 15 is 0 Å². The summed E-state index contributed by atoms with van der Waals surface area (Å²) in [6, 6.07) is 0.296. The molecule has 5 N–H and O–H groups in total. The molecule has 0 bridgehead atoms. The number of rotatable bonds is 13. The standard InChI is InChI=1S/C15H35N3/c1-3-5-7-8-10-14(9-6-4-2)13-18-15(11-16)12-17/h14-15,18H,3-13,16-17H2,1-2H3. The normalized spacial score (nSPS) is 13.2. The van der Waals surface area contributed by atoms with E-state index in [9.17, 15) is 0 Å². The molecule has 0 rings (SSSR count). The van der Waals surface area contributed by atoms with E-state index in [1.165, 1.54) is 51.4 Å². The SMILES string of the molecule is CCCCCCC(CCCC)CNC(CN)CN. The molecule has 0 spiro atoms. The Morgan fingerprint density at radius 1 is 0.833 bits per heavy atom. The van der Waals surface area contributed by atoms with Crippen LogP contribution in [0.25, 0.3) is 0 Å². The summed E-state index contributed by atoms with van der Waals surface area (Å²) in [5, 5.41) is 3.52. The smallest absolute Gasteiger partial charge is 0.0313 e. The summed E-state index contributed by atoms with van der Waals surface area (Å²) in [5.74, 6) is 0.808. The van der Waals surface area contributed by atoms with Crippen molar-refractivity contribution in [2.24, 2.45) is 17.4 Å². The Hall–Kier alpha value is -0.120. The molecule has 0 amide bonds. The summed E-state index contributed by atoms with van der Waals surface area (Å²) >= 11 is 0. The van der Waals surface area contributed by atoms with Gasteiger partial charge >= 0.3 is 0 Å². The molecule has 0 aliphatic carbocycles. The van der Waals surface area contributed by atoms with Gasteiger partial charge in [0.05, 0.1) is 0 Å². The van der Waals surface area contributed by atoms with Gasteiger partial charge in [-0.1, -0.05) is 52.4 Å². The van der Waals surface area contributed by atoms with Gasteiger partial charge < -0.3 is 16.8 Å². The highest BCUT2D eigenvalue weighted by atomic mass is 15.0. The summed E-state index contributed by atoms with van der Waals surface area (Å²) in [5.41, 5.74) is 11.3. The Balaban J connectivity index is 3.82. The number of unbranched alkanes of at least 4 members (excludes halogenated alkanes) is 4. The average Bonchev–Trinajstić information content (AvgIpc) is 2.40. The van der Waals surface area contributed by atoms with Crippen molar-refractivity contribution in [3.05, 3.63) is 0 Å². The van der Waals surface area contributed by atoms with Crippen LogP contribution in [-0.4, -0.2) is 25.7 Å². The van der Waals surface area contributed by atoms with Crippen LogP contribution >= 0.6 is 0 Å². The van der Waals surface area contributed by atoms with Gasteiger partial charge in [0.1, 0.15) is 0 Å². The van der Waals surface area contributed by atoms with Crippen LogP contribution in [0, 0.1) is 5.92 Å². The number of nitrogens with two attached hydrogens (primary N) is 2. The molecule has 0 heterocycles. The Kier molecular flexibility index (Phi) is 13.2. The maximum Gasteiger partial charge on any atom is 0.0313 e. The van der Waals surface area contributed by atoms with Crippen LogP contribution in [0.2, 0.25) is 0 Å². The van der Waals surface area contributed by atoms with Crippen LogP contribution < -0.4 is 16.8 Å². The highest BCUT2D eigenvalue weighted by Crippen LogP contribution is 2.16. The Bertz CT molecular complexity index is 158. The monoisotopic (exact) mass is 257 g/mol. The van der Waals surface area contributed by atoms with Gasteiger partial charge in [0.15, 0.2) is 0 Å². The van der Waals surface area contributed by atoms with Gasteiger partial charge in [-0.3, -0.25) is 0 Å². The third-order valence-corrected chi connectivity index (χ3v) is 3.70. The lowest BCUT2D eigenvalue weighted by Gasteiger charge is -2.21. The maximum absolute atomic E-state index is 5.67. The summed E-state index contributed by atoms with van der Waals surface area (Å²) < 4.78 is 0. The molecule has 18 heavy (non-hydrogen) atoms. The lowest BCUT2D eigenvalue weighted by molar-refractivity contribution is 0.367. The molecule has 0 saturated heterocycles. The first-order chi connectivity index (χ1) is 8.78. The summed E-state index contributed by atoms with van der Waals surface area (Å²) in [6.07, 6.45) is 10.8. The quantitative estimate of drug-likeness (QED) is 0.444. The third-order valence-electron chi connectivity index (χ3n) is 3.70. The first-order valence-corrected chi connectivity index (χ1v) is 7.91. The Morgan fingerprint density at radius 2 is 1.44 bits per heavy atom. The molecule has 1 unspecified atom stereocenters. The molecule has 0 aromatic heterocycles. The van der Waals surface area contributed by atoms with Crippen molar-refractivity contribution in [3.8, 4) is 0 Å². The zero-order valence-corrected chi connectivity index (χ0v) is 12.6. The maximum atomic E-state index is 5.67. The molecule has 0 aliphatic heterocycles. The Labute approximate surface area is 114 Å². The molecular weight excluding hydrogens is 222 g/mol. The fraction of sp³-hybridized carbons (Fsp3) is 1.00. The lowest BCUT2D eigenvalue weighted by atomic mass is 9.95. The molecule has 0 aliphatic rings. The molecule has 0 aromatic rings. The second kappa shape index (κ2) is 13.3. The van der Waals surface area contributed by atoms with Crippen LogP contribution in [0.4, 0.5) is 0 Å². The van der Waals surface area contributed by atoms with E-state index in [4.69, 9.17) is 11.5 Å². The first kappa shape index (κ1) is 17.9. The summed E-state index contributed by atoms with van der Waals surface area (Å²) in [4.78, 5) is 0. The van der Waals surface area contributed by atoms with Crippen LogP contribution in [0.5, 0.6) is 0 Å². The Morgan fingerprint density at radius 3 is 2.00 bits per heavy atom. The van der Waals surface area contributed by atoms with Gasteiger partial charge in [-0.05, 0) is 25.3 Å². The number of hydrogen-bond acceptors (Lipinski definition) is 3. The largest absolute Gasteiger partial charge is 0.329 e. The second-order valence-electron chi connectivity index (χ2n) is 5.43. The van der Waals surface area contributed by atoms with Crippen molar-refractivity contribution in [1.82, 2.24) is 5.32 Å². The van der Waals surface area contributed by atoms with Gasteiger partial charge in [0, 0.05) is 19.1 Å². The molecule has 0 fully saturated rings. The van der Waals surface area contributed by atoms with Gasteiger partial charge in [0.2, 0.25) is 0 Å². The minimum Gasteiger partial charge on any atom is -0.329 e. The number of nitrogens with one attached hydrogen (secondary N) is 1. The minimum atomic E-state index is 0.296. The molecule has 0 radical (unpaired) electrons. The van der Waals surface area contributed by atoms with Crippen molar-refractivity contribution in [2.75, 3.05) is 19.6 Å². The molecular formula is C15H35N3. The van der Waals surface area contributed by atoms with Crippen molar-refractivity contribution in [1.29, 1.82) is 0 Å². The zero-order valence-electron chi connectivity index (χ0n) is 12.6. The number of hydrogen-bond donors (Lipinski definition) is 3. The predicted octanol–water partition coefficient (Wildman–Crippen LogP) is 2.64. The average molecular weight is 257 g/mol. The highest BCUT2D eigenvalue weighted by molar-refractivity contribution is 4.71. The van der Waals surface area contributed by atoms with Gasteiger partial charge in [-0.2, -0.15) is 0 Å². The molecule has 0 aromatic carbocycles. The van der Waals surface area contributed by atoms with Crippen molar-refractivity contribution in [2.45, 2.75) is 71.3 Å². The van der Waals surface area contributed by atoms with Crippen molar-refractivity contribution >= 4 is 0 Å². The summed E-state index contributed by atoms with van der Waals surface area (Å²) in [7, 11) is 0. The minimum absolute atomic E-state index is 0.296. The van der Waals surface area contributed by atoms with E-state index in [0.29, 0.717) is 19.1 Å². The topological polar surface area (TPSA) is 64.1 Å². The molecule has 3 heteroatoms. The summed E-state index contributed by atoms with van der Waals surface area (Å²) in [6.45, 7) is 6.91. The van der Waals surface area contributed by atoms with Crippen LogP contribution in [-0.2, 0) is 0 Å². The van der Waals surface area contributed by atoms with Crippen LogP contribution in [0.1, 0.15) is 65.2 Å². The van der Waals surface area contributed by atoms with E-state index in [-0.39, 0.29) is 0 Å². The molecule has 0 saturated carbocycles. The molecule has 3 nitrogen and oxygen atoms in total. The van der Waals surface area contributed by atoms with Gasteiger partial charge in [0.25, 0.3) is 0 Å². The van der Waals surface area contributed by atoms with Crippen molar-refractivity contribution < 1.29 is 0 Å². The van der Waals surface area contributed by atoms with E-state index < -0.39 is 0 Å². The zero-order chi connectivity index (χ0) is 13.6. The van der Waals surface area contributed by atoms with Gasteiger partial charge in [-0.25, -0.2) is 0 Å². The van der Waals surface area contributed by atoms with Gasteiger partial charge in [-0.15, -0.1) is 0 Å². The van der Waals surface area contributed by atoms with E-state index in [1.54, 1.807) is 0 Å². The van der Waals surface area contributed by atoms with E-state index in [2.05, 4.69) is 19.2 Å². The fourth-order valence-electron chi connectivity index (χ4n) is 2.30. The molecule has 110 valence electrons. The van der Waals surface area contributed by atoms with Crippen molar-refractivity contribution in [3.63, 3.8) is 0 Å². The van der Waals surface area contributed by atoms with E-state index in [1.807, 2.05) is 0 Å². The second-order valence-corrected chi connectivity index (χ2v) is 5.43. The third kappa shape index (κ3) is 9.86. The predicted molar refractivity (Wildman–Crippen MR) is 81.7 cm³/mol.